The topological polar surface area (TPSA) is 53.1 Å². The molecule has 4 nitrogen and oxygen atoms in total. The summed E-state index contributed by atoms with van der Waals surface area (Å²) in [5.74, 6) is 0.628. The van der Waals surface area contributed by atoms with Crippen molar-refractivity contribution in [3.8, 4) is 5.88 Å². The van der Waals surface area contributed by atoms with E-state index < -0.39 is 0 Å². The smallest absolute Gasteiger partial charge is 0.241 e. The maximum atomic E-state index is 5.75. The molecule has 0 saturated carbocycles. The molecule has 16 heavy (non-hydrogen) atoms. The van der Waals surface area contributed by atoms with Crippen LogP contribution in [0.5, 0.6) is 5.88 Å². The van der Waals surface area contributed by atoms with E-state index in [1.54, 1.807) is 4.68 Å². The molecule has 0 atom stereocenters. The minimum Gasteiger partial charge on any atom is -0.472 e. The molecule has 84 valence electrons. The number of nitrogens with zero attached hydrogens (tertiary/aromatic N) is 2. The number of rotatable bonds is 3. The van der Waals surface area contributed by atoms with E-state index in [2.05, 4.69) is 5.10 Å². The van der Waals surface area contributed by atoms with Gasteiger partial charge in [0.2, 0.25) is 5.88 Å². The fraction of sp³-hybridized carbons (Fsp3) is 0.250. The van der Waals surface area contributed by atoms with Crippen LogP contribution >= 0.6 is 0 Å². The first kappa shape index (κ1) is 10.5. The van der Waals surface area contributed by atoms with E-state index >= 15 is 0 Å². The Kier molecular flexibility index (Phi) is 2.81. The number of aromatic nitrogens is 2. The minimum absolute atomic E-state index is 0.525. The number of benzene rings is 1. The van der Waals surface area contributed by atoms with Gasteiger partial charge < -0.3 is 10.5 Å². The number of hydrogen-bond acceptors (Lipinski definition) is 3. The van der Waals surface area contributed by atoms with E-state index in [-0.39, 0.29) is 0 Å². The van der Waals surface area contributed by atoms with Crippen molar-refractivity contribution in [3.05, 3.63) is 30.4 Å². The third kappa shape index (κ3) is 1.86. The van der Waals surface area contributed by atoms with E-state index in [0.29, 0.717) is 12.5 Å². The summed E-state index contributed by atoms with van der Waals surface area (Å²) in [5, 5.41) is 5.26. The molecule has 0 radical (unpaired) electrons. The molecule has 1 aromatic carbocycles. The maximum absolute atomic E-state index is 5.75. The first-order chi connectivity index (χ1) is 7.72. The lowest BCUT2D eigenvalue weighted by molar-refractivity contribution is 0.347. The van der Waals surface area contributed by atoms with Gasteiger partial charge in [-0.2, -0.15) is 0 Å². The van der Waals surface area contributed by atoms with Gasteiger partial charge in [0.05, 0.1) is 10.9 Å². The van der Waals surface area contributed by atoms with Gasteiger partial charge in [0.1, 0.15) is 6.61 Å². The Balaban J connectivity index is 2.40. The van der Waals surface area contributed by atoms with Crippen LogP contribution < -0.4 is 10.5 Å². The predicted octanol–water partition coefficient (Wildman–Crippen LogP) is 2.11. The molecule has 0 saturated heterocycles. The van der Waals surface area contributed by atoms with Crippen molar-refractivity contribution in [2.45, 2.75) is 6.92 Å². The first-order valence-electron chi connectivity index (χ1n) is 5.18. The van der Waals surface area contributed by atoms with Crippen molar-refractivity contribution in [2.75, 3.05) is 12.3 Å². The molecular formula is C12H15N3O. The number of nitrogen functional groups attached to an aromatic ring is 1. The number of anilines is 1. The number of hydrogen-bond donors (Lipinski definition) is 1. The van der Waals surface area contributed by atoms with Gasteiger partial charge in [-0.1, -0.05) is 12.2 Å². The molecule has 0 unspecified atom stereocenters. The Morgan fingerprint density at radius 3 is 3.06 bits per heavy atom. The molecule has 0 aliphatic rings. The molecule has 2 rings (SSSR count). The van der Waals surface area contributed by atoms with Gasteiger partial charge >= 0.3 is 0 Å². The standard InChI is InChI=1S/C12H15N3O/c1-3-4-7-16-12-10-8-9(13)5-6-11(10)15(2)14-12/h3-6,8H,7,13H2,1-2H3/b4-3+. The summed E-state index contributed by atoms with van der Waals surface area (Å²) in [6, 6.07) is 5.69. The average Bonchev–Trinajstić information content (AvgIpc) is 2.56. The van der Waals surface area contributed by atoms with Gasteiger partial charge in [-0.3, -0.25) is 4.68 Å². The van der Waals surface area contributed by atoms with Crippen LogP contribution in [0.15, 0.2) is 30.4 Å². The van der Waals surface area contributed by atoms with Crippen molar-refractivity contribution >= 4 is 16.6 Å². The molecule has 4 heteroatoms. The highest BCUT2D eigenvalue weighted by molar-refractivity contribution is 5.87. The van der Waals surface area contributed by atoms with Gasteiger partial charge in [0, 0.05) is 12.7 Å². The molecule has 0 amide bonds. The molecule has 0 fully saturated rings. The van der Waals surface area contributed by atoms with E-state index in [4.69, 9.17) is 10.5 Å². The van der Waals surface area contributed by atoms with Gasteiger partial charge in [-0.05, 0) is 25.1 Å². The third-order valence-electron chi connectivity index (χ3n) is 2.39. The Hall–Kier alpha value is -1.97. The lowest BCUT2D eigenvalue weighted by Gasteiger charge is -1.98. The summed E-state index contributed by atoms with van der Waals surface area (Å²) in [6.07, 6.45) is 3.88. The number of nitrogens with two attached hydrogens (primary N) is 1. The Labute approximate surface area is 94.3 Å². The van der Waals surface area contributed by atoms with E-state index in [9.17, 15) is 0 Å². The van der Waals surface area contributed by atoms with Gasteiger partial charge in [-0.15, -0.1) is 5.10 Å². The largest absolute Gasteiger partial charge is 0.472 e. The van der Waals surface area contributed by atoms with Crippen LogP contribution in [0.4, 0.5) is 5.69 Å². The van der Waals surface area contributed by atoms with Crippen LogP contribution in [0, 0.1) is 0 Å². The highest BCUT2D eigenvalue weighted by Crippen LogP contribution is 2.26. The highest BCUT2D eigenvalue weighted by atomic mass is 16.5. The van der Waals surface area contributed by atoms with E-state index in [1.807, 2.05) is 44.3 Å². The van der Waals surface area contributed by atoms with Crippen LogP contribution in [0.25, 0.3) is 10.9 Å². The molecule has 0 aliphatic heterocycles. The minimum atomic E-state index is 0.525. The maximum Gasteiger partial charge on any atom is 0.241 e. The number of fused-ring (bicyclic) bond motifs is 1. The Bertz CT molecular complexity index is 528. The third-order valence-corrected chi connectivity index (χ3v) is 2.39. The summed E-state index contributed by atoms with van der Waals surface area (Å²) < 4.78 is 7.35. The quantitative estimate of drug-likeness (QED) is 0.632. The molecule has 0 aliphatic carbocycles. The van der Waals surface area contributed by atoms with Crippen LogP contribution in [-0.4, -0.2) is 16.4 Å². The normalized spacial score (nSPS) is 11.4. The molecule has 0 spiro atoms. The zero-order valence-electron chi connectivity index (χ0n) is 9.47. The van der Waals surface area contributed by atoms with Crippen LogP contribution in [0.3, 0.4) is 0 Å². The van der Waals surface area contributed by atoms with Crippen molar-refractivity contribution in [2.24, 2.45) is 7.05 Å². The van der Waals surface area contributed by atoms with Crippen LogP contribution in [-0.2, 0) is 7.05 Å². The van der Waals surface area contributed by atoms with Crippen molar-refractivity contribution < 1.29 is 4.74 Å². The van der Waals surface area contributed by atoms with Crippen molar-refractivity contribution in [1.82, 2.24) is 9.78 Å². The number of aryl methyl sites for hydroxylation is 1. The van der Waals surface area contributed by atoms with E-state index in [1.165, 1.54) is 0 Å². The molecule has 1 aromatic heterocycles. The zero-order valence-corrected chi connectivity index (χ0v) is 9.47. The SMILES string of the molecule is C/C=C/COc1nn(C)c2ccc(N)cc12. The summed E-state index contributed by atoms with van der Waals surface area (Å²) >= 11 is 0. The summed E-state index contributed by atoms with van der Waals surface area (Å²) in [6.45, 7) is 2.48. The zero-order chi connectivity index (χ0) is 11.5. The Morgan fingerprint density at radius 2 is 2.31 bits per heavy atom. The van der Waals surface area contributed by atoms with Crippen molar-refractivity contribution in [3.63, 3.8) is 0 Å². The fourth-order valence-electron chi connectivity index (χ4n) is 1.58. The fourth-order valence-corrected chi connectivity index (χ4v) is 1.58. The first-order valence-corrected chi connectivity index (χ1v) is 5.18. The van der Waals surface area contributed by atoms with Crippen LogP contribution in [0.1, 0.15) is 6.92 Å². The number of allylic oxidation sites excluding steroid dienone is 1. The Morgan fingerprint density at radius 1 is 1.50 bits per heavy atom. The highest BCUT2D eigenvalue weighted by Gasteiger charge is 2.08. The second-order valence-electron chi connectivity index (χ2n) is 3.59. The van der Waals surface area contributed by atoms with Crippen molar-refractivity contribution in [1.29, 1.82) is 0 Å². The molecule has 2 N–H and O–H groups in total. The van der Waals surface area contributed by atoms with E-state index in [0.717, 1.165) is 16.6 Å². The second kappa shape index (κ2) is 4.26. The molecule has 1 heterocycles. The summed E-state index contributed by atoms with van der Waals surface area (Å²) in [4.78, 5) is 0. The number of ether oxygens (including phenoxy) is 1. The lowest BCUT2D eigenvalue weighted by Crippen LogP contribution is -1.95. The molecular weight excluding hydrogens is 202 g/mol. The second-order valence-corrected chi connectivity index (χ2v) is 3.59. The monoisotopic (exact) mass is 217 g/mol. The van der Waals surface area contributed by atoms with Gasteiger partial charge in [0.25, 0.3) is 0 Å². The lowest BCUT2D eigenvalue weighted by atomic mass is 10.2. The van der Waals surface area contributed by atoms with Crippen LogP contribution in [0.2, 0.25) is 0 Å². The van der Waals surface area contributed by atoms with Gasteiger partial charge in [0.15, 0.2) is 0 Å². The summed E-state index contributed by atoms with van der Waals surface area (Å²) in [5.41, 5.74) is 7.49. The predicted molar refractivity (Wildman–Crippen MR) is 65.4 cm³/mol. The molecule has 0 bridgehead atoms. The summed E-state index contributed by atoms with van der Waals surface area (Å²) in [7, 11) is 1.89. The van der Waals surface area contributed by atoms with Gasteiger partial charge in [-0.25, -0.2) is 0 Å². The average molecular weight is 217 g/mol. The molecule has 2 aromatic rings.